The van der Waals surface area contributed by atoms with E-state index in [1.54, 1.807) is 7.05 Å². The van der Waals surface area contributed by atoms with Crippen LogP contribution in [0.15, 0.2) is 0 Å². The molecule has 106 valence electrons. The van der Waals surface area contributed by atoms with Crippen LogP contribution >= 0.6 is 0 Å². The molecule has 0 saturated carbocycles. The number of hydrogen-bond acceptors (Lipinski definition) is 7. The van der Waals surface area contributed by atoms with Gasteiger partial charge in [-0.3, -0.25) is 0 Å². The van der Waals surface area contributed by atoms with Gasteiger partial charge >= 0.3 is 6.01 Å². The summed E-state index contributed by atoms with van der Waals surface area (Å²) >= 11 is 0. The average Bonchev–Trinajstić information content (AvgIpc) is 2.92. The fraction of sp³-hybridized carbons (Fsp3) is 0.750. The first-order valence-corrected chi connectivity index (χ1v) is 6.63. The van der Waals surface area contributed by atoms with Crippen LogP contribution in [0.1, 0.15) is 20.3 Å². The fourth-order valence-corrected chi connectivity index (χ4v) is 2.00. The van der Waals surface area contributed by atoms with Crippen molar-refractivity contribution in [1.29, 1.82) is 0 Å². The van der Waals surface area contributed by atoms with Crippen LogP contribution in [0, 0.1) is 5.92 Å². The molecule has 2 heterocycles. The number of rotatable bonds is 6. The molecule has 0 amide bonds. The lowest BCUT2D eigenvalue weighted by atomic mass is 10.0. The molecule has 2 rings (SSSR count). The molecule has 1 aliphatic heterocycles. The maximum Gasteiger partial charge on any atom is 0.323 e. The van der Waals surface area contributed by atoms with E-state index in [1.165, 1.54) is 0 Å². The normalized spacial score (nSPS) is 20.1. The first-order chi connectivity index (χ1) is 9.22. The van der Waals surface area contributed by atoms with E-state index in [2.05, 4.69) is 32.5 Å². The number of ether oxygens (including phenoxy) is 2. The molecule has 1 fully saturated rings. The Morgan fingerprint density at radius 3 is 2.79 bits per heavy atom. The fourth-order valence-electron chi connectivity index (χ4n) is 2.00. The van der Waals surface area contributed by atoms with Crippen LogP contribution in [0.3, 0.4) is 0 Å². The molecule has 0 bridgehead atoms. The SMILES string of the molecule is CCOc1nc(NC)nc(NC(C)C2CCOC2)n1. The third-order valence-corrected chi connectivity index (χ3v) is 3.14. The van der Waals surface area contributed by atoms with Crippen LogP contribution in [0.4, 0.5) is 11.9 Å². The van der Waals surface area contributed by atoms with Crippen molar-refractivity contribution in [2.45, 2.75) is 26.3 Å². The van der Waals surface area contributed by atoms with Gasteiger partial charge in [0, 0.05) is 25.6 Å². The lowest BCUT2D eigenvalue weighted by molar-refractivity contribution is 0.183. The summed E-state index contributed by atoms with van der Waals surface area (Å²) in [5.41, 5.74) is 0. The Hall–Kier alpha value is -1.63. The first-order valence-electron chi connectivity index (χ1n) is 6.63. The van der Waals surface area contributed by atoms with E-state index >= 15 is 0 Å². The number of nitrogens with one attached hydrogen (secondary N) is 2. The Bertz CT molecular complexity index is 409. The number of anilines is 2. The van der Waals surface area contributed by atoms with Crippen LogP contribution in [-0.2, 0) is 4.74 Å². The summed E-state index contributed by atoms with van der Waals surface area (Å²) in [6.45, 7) is 6.16. The van der Waals surface area contributed by atoms with Gasteiger partial charge in [-0.1, -0.05) is 0 Å². The topological polar surface area (TPSA) is 81.2 Å². The molecule has 0 spiro atoms. The minimum Gasteiger partial charge on any atom is -0.464 e. The smallest absolute Gasteiger partial charge is 0.323 e. The molecule has 0 aromatic carbocycles. The summed E-state index contributed by atoms with van der Waals surface area (Å²) in [7, 11) is 1.77. The van der Waals surface area contributed by atoms with Crippen molar-refractivity contribution in [3.63, 3.8) is 0 Å². The van der Waals surface area contributed by atoms with E-state index in [0.29, 0.717) is 30.4 Å². The van der Waals surface area contributed by atoms with Gasteiger partial charge in [-0.25, -0.2) is 0 Å². The lowest BCUT2D eigenvalue weighted by Gasteiger charge is -2.19. The molecule has 1 aromatic rings. The molecule has 19 heavy (non-hydrogen) atoms. The van der Waals surface area contributed by atoms with Gasteiger partial charge in [0.1, 0.15) is 0 Å². The molecule has 1 saturated heterocycles. The van der Waals surface area contributed by atoms with Crippen molar-refractivity contribution in [3.8, 4) is 6.01 Å². The molecule has 7 heteroatoms. The summed E-state index contributed by atoms with van der Waals surface area (Å²) in [5, 5.41) is 6.20. The zero-order chi connectivity index (χ0) is 13.7. The molecule has 1 aliphatic rings. The lowest BCUT2D eigenvalue weighted by Crippen LogP contribution is -2.27. The van der Waals surface area contributed by atoms with Crippen LogP contribution in [0.25, 0.3) is 0 Å². The van der Waals surface area contributed by atoms with E-state index in [9.17, 15) is 0 Å². The van der Waals surface area contributed by atoms with Crippen LogP contribution in [-0.4, -0.2) is 47.9 Å². The van der Waals surface area contributed by atoms with Crippen molar-refractivity contribution < 1.29 is 9.47 Å². The predicted octanol–water partition coefficient (Wildman–Crippen LogP) is 1.15. The largest absolute Gasteiger partial charge is 0.464 e. The average molecular weight is 267 g/mol. The van der Waals surface area contributed by atoms with E-state index in [0.717, 1.165) is 19.6 Å². The van der Waals surface area contributed by atoms with Gasteiger partial charge in [0.15, 0.2) is 0 Å². The zero-order valence-electron chi connectivity index (χ0n) is 11.6. The highest BCUT2D eigenvalue weighted by molar-refractivity contribution is 5.36. The summed E-state index contributed by atoms with van der Waals surface area (Å²) in [6, 6.07) is 0.586. The monoisotopic (exact) mass is 267 g/mol. The second-order valence-electron chi connectivity index (χ2n) is 4.50. The van der Waals surface area contributed by atoms with Gasteiger partial charge in [-0.15, -0.1) is 0 Å². The third kappa shape index (κ3) is 3.66. The Labute approximate surface area is 113 Å². The summed E-state index contributed by atoms with van der Waals surface area (Å²) in [5.74, 6) is 1.52. The summed E-state index contributed by atoms with van der Waals surface area (Å²) in [4.78, 5) is 12.7. The van der Waals surface area contributed by atoms with E-state index in [1.807, 2.05) is 6.92 Å². The minimum absolute atomic E-state index is 0.254. The van der Waals surface area contributed by atoms with Crippen molar-refractivity contribution in [3.05, 3.63) is 0 Å². The summed E-state index contributed by atoms with van der Waals surface area (Å²) in [6.07, 6.45) is 1.07. The Kier molecular flexibility index (Phi) is 4.73. The van der Waals surface area contributed by atoms with Crippen LogP contribution < -0.4 is 15.4 Å². The third-order valence-electron chi connectivity index (χ3n) is 3.14. The predicted molar refractivity (Wildman–Crippen MR) is 72.6 cm³/mol. The number of aromatic nitrogens is 3. The summed E-state index contributed by atoms with van der Waals surface area (Å²) < 4.78 is 10.7. The first kappa shape index (κ1) is 13.8. The molecule has 0 radical (unpaired) electrons. The van der Waals surface area contributed by atoms with Gasteiger partial charge in [0.25, 0.3) is 0 Å². The molecular weight excluding hydrogens is 246 g/mol. The highest BCUT2D eigenvalue weighted by Crippen LogP contribution is 2.20. The Morgan fingerprint density at radius 1 is 1.37 bits per heavy atom. The van der Waals surface area contributed by atoms with Gasteiger partial charge in [-0.05, 0) is 20.3 Å². The number of hydrogen-bond donors (Lipinski definition) is 2. The van der Waals surface area contributed by atoms with Crippen molar-refractivity contribution in [2.75, 3.05) is 37.5 Å². The molecule has 7 nitrogen and oxygen atoms in total. The van der Waals surface area contributed by atoms with Crippen molar-refractivity contribution in [1.82, 2.24) is 15.0 Å². The Morgan fingerprint density at radius 2 is 2.16 bits per heavy atom. The highest BCUT2D eigenvalue weighted by Gasteiger charge is 2.23. The maximum atomic E-state index is 5.39. The second kappa shape index (κ2) is 6.51. The molecular formula is C12H21N5O2. The van der Waals surface area contributed by atoms with Crippen LogP contribution in [0.2, 0.25) is 0 Å². The van der Waals surface area contributed by atoms with Gasteiger partial charge in [-0.2, -0.15) is 15.0 Å². The van der Waals surface area contributed by atoms with Crippen LogP contribution in [0.5, 0.6) is 6.01 Å². The van der Waals surface area contributed by atoms with Crippen molar-refractivity contribution >= 4 is 11.9 Å². The van der Waals surface area contributed by atoms with Gasteiger partial charge in [0.2, 0.25) is 11.9 Å². The quantitative estimate of drug-likeness (QED) is 0.800. The van der Waals surface area contributed by atoms with E-state index < -0.39 is 0 Å². The maximum absolute atomic E-state index is 5.39. The zero-order valence-corrected chi connectivity index (χ0v) is 11.6. The number of nitrogens with zero attached hydrogens (tertiary/aromatic N) is 3. The van der Waals surface area contributed by atoms with Gasteiger partial charge in [0.05, 0.1) is 13.2 Å². The molecule has 1 aromatic heterocycles. The molecule has 2 unspecified atom stereocenters. The second-order valence-corrected chi connectivity index (χ2v) is 4.50. The molecule has 0 aliphatic carbocycles. The van der Waals surface area contributed by atoms with E-state index in [-0.39, 0.29) is 6.04 Å². The van der Waals surface area contributed by atoms with Crippen molar-refractivity contribution in [2.24, 2.45) is 5.92 Å². The highest BCUT2D eigenvalue weighted by atomic mass is 16.5. The Balaban J connectivity index is 2.07. The van der Waals surface area contributed by atoms with Gasteiger partial charge < -0.3 is 20.1 Å². The van der Waals surface area contributed by atoms with E-state index in [4.69, 9.17) is 9.47 Å². The molecule has 2 atom stereocenters. The molecule has 2 N–H and O–H groups in total. The standard InChI is InChI=1S/C12H21N5O2/c1-4-19-12-16-10(13-3)15-11(17-12)14-8(2)9-5-6-18-7-9/h8-9H,4-7H2,1-3H3,(H2,13,14,15,16,17). The minimum atomic E-state index is 0.254.